The third-order valence-corrected chi connectivity index (χ3v) is 4.83. The van der Waals surface area contributed by atoms with Crippen molar-refractivity contribution in [2.75, 3.05) is 7.11 Å². The van der Waals surface area contributed by atoms with E-state index in [1.54, 1.807) is 31.6 Å². The monoisotopic (exact) mass is 406 g/mol. The molecule has 0 amide bonds. The van der Waals surface area contributed by atoms with Crippen LogP contribution in [-0.4, -0.2) is 26.6 Å². The Balaban J connectivity index is 1.70. The number of ether oxygens (including phenoxy) is 1. The molecule has 0 spiro atoms. The Hall–Kier alpha value is -3.38. The summed E-state index contributed by atoms with van der Waals surface area (Å²) in [6.45, 7) is 3.78. The van der Waals surface area contributed by atoms with Crippen LogP contribution in [0.4, 0.5) is 0 Å². The summed E-state index contributed by atoms with van der Waals surface area (Å²) >= 11 is 6.11. The first-order chi connectivity index (χ1) is 13.9. The lowest BCUT2D eigenvalue weighted by atomic mass is 10.1. The number of hydrogen-bond donors (Lipinski definition) is 1. The Morgan fingerprint density at radius 2 is 2.00 bits per heavy atom. The van der Waals surface area contributed by atoms with Crippen molar-refractivity contribution in [2.24, 2.45) is 0 Å². The quantitative estimate of drug-likeness (QED) is 0.539. The van der Waals surface area contributed by atoms with Gasteiger partial charge in [-0.15, -0.1) is 0 Å². The predicted octanol–water partition coefficient (Wildman–Crippen LogP) is 4.56. The van der Waals surface area contributed by atoms with Gasteiger partial charge in [-0.2, -0.15) is 0 Å². The van der Waals surface area contributed by atoms with E-state index in [9.17, 15) is 4.79 Å². The first kappa shape index (κ1) is 19.0. The van der Waals surface area contributed by atoms with E-state index in [2.05, 4.69) is 15.0 Å². The summed E-state index contributed by atoms with van der Waals surface area (Å²) in [5, 5.41) is 1.10. The third-order valence-electron chi connectivity index (χ3n) is 4.62. The van der Waals surface area contributed by atoms with Crippen molar-refractivity contribution in [1.29, 1.82) is 0 Å². The van der Waals surface area contributed by atoms with Gasteiger partial charge in [0.15, 0.2) is 0 Å². The summed E-state index contributed by atoms with van der Waals surface area (Å²) in [7, 11) is 1.63. The van der Waals surface area contributed by atoms with Gasteiger partial charge in [-0.25, -0.2) is 9.97 Å². The van der Waals surface area contributed by atoms with Gasteiger partial charge in [-0.3, -0.25) is 4.79 Å². The molecule has 0 aliphatic carbocycles. The second kappa shape index (κ2) is 7.56. The van der Waals surface area contributed by atoms with Gasteiger partial charge in [0.25, 0.3) is 5.56 Å². The smallest absolute Gasteiger partial charge is 0.259 e. The van der Waals surface area contributed by atoms with Crippen molar-refractivity contribution in [2.45, 2.75) is 13.8 Å². The maximum Gasteiger partial charge on any atom is 0.259 e. The molecule has 29 heavy (non-hydrogen) atoms. The fraction of sp³-hybridized carbons (Fsp3) is 0.136. The Bertz CT molecular complexity index is 1300. The average Bonchev–Trinajstić information content (AvgIpc) is 3.11. The maximum atomic E-state index is 12.4. The number of halogens is 1. The Morgan fingerprint density at radius 3 is 2.72 bits per heavy atom. The fourth-order valence-electron chi connectivity index (χ4n) is 3.26. The second-order valence-electron chi connectivity index (χ2n) is 6.75. The SMILES string of the molecule is COc1cc(/C=C/c2nc3cc(Cl)cc(C)c3c(=O)[nH]2)ccc1-n1cnc(C)c1. The van der Waals surface area contributed by atoms with Gasteiger partial charge in [0.05, 0.1) is 35.7 Å². The van der Waals surface area contributed by atoms with Crippen molar-refractivity contribution in [3.63, 3.8) is 0 Å². The summed E-state index contributed by atoms with van der Waals surface area (Å²) in [5.74, 6) is 1.17. The number of imidazole rings is 1. The lowest BCUT2D eigenvalue weighted by Gasteiger charge is -2.10. The Labute approximate surface area is 172 Å². The minimum atomic E-state index is -0.188. The molecule has 0 aliphatic heterocycles. The summed E-state index contributed by atoms with van der Waals surface area (Å²) in [5.41, 5.74) is 3.92. The van der Waals surface area contributed by atoms with Gasteiger partial charge >= 0.3 is 0 Å². The molecule has 1 N–H and O–H groups in total. The molecule has 0 bridgehead atoms. The van der Waals surface area contributed by atoms with Crippen molar-refractivity contribution in [3.05, 3.63) is 80.9 Å². The number of methoxy groups -OCH3 is 1. The first-order valence-corrected chi connectivity index (χ1v) is 9.39. The summed E-state index contributed by atoms with van der Waals surface area (Å²) < 4.78 is 7.45. The zero-order chi connectivity index (χ0) is 20.5. The van der Waals surface area contributed by atoms with Crippen LogP contribution >= 0.6 is 11.6 Å². The average molecular weight is 407 g/mol. The highest BCUT2D eigenvalue weighted by Gasteiger charge is 2.08. The molecule has 0 fully saturated rings. The lowest BCUT2D eigenvalue weighted by molar-refractivity contribution is 0.413. The van der Waals surface area contributed by atoms with Crippen molar-refractivity contribution in [1.82, 2.24) is 19.5 Å². The highest BCUT2D eigenvalue weighted by molar-refractivity contribution is 6.31. The van der Waals surface area contributed by atoms with Gasteiger partial charge in [-0.1, -0.05) is 23.7 Å². The molecule has 7 heteroatoms. The molecule has 4 aromatic rings. The molecule has 2 aromatic carbocycles. The van der Waals surface area contributed by atoms with E-state index in [1.165, 1.54) is 0 Å². The molecule has 0 aliphatic rings. The van der Waals surface area contributed by atoms with Crippen LogP contribution in [0.3, 0.4) is 0 Å². The molecule has 4 rings (SSSR count). The number of aryl methyl sites for hydroxylation is 2. The van der Waals surface area contributed by atoms with E-state index < -0.39 is 0 Å². The molecular weight excluding hydrogens is 388 g/mol. The normalized spacial score (nSPS) is 11.4. The van der Waals surface area contributed by atoms with E-state index >= 15 is 0 Å². The number of nitrogens with zero attached hydrogens (tertiary/aromatic N) is 3. The van der Waals surface area contributed by atoms with E-state index in [0.717, 1.165) is 22.5 Å². The Morgan fingerprint density at radius 1 is 1.17 bits per heavy atom. The molecule has 0 unspecified atom stereocenters. The molecule has 0 saturated heterocycles. The van der Waals surface area contributed by atoms with Crippen LogP contribution in [0.2, 0.25) is 5.02 Å². The molecule has 0 atom stereocenters. The molecule has 0 radical (unpaired) electrons. The number of aromatic amines is 1. The summed E-state index contributed by atoms with van der Waals surface area (Å²) in [6.07, 6.45) is 7.31. The minimum Gasteiger partial charge on any atom is -0.495 e. The highest BCUT2D eigenvalue weighted by atomic mass is 35.5. The summed E-state index contributed by atoms with van der Waals surface area (Å²) in [6, 6.07) is 9.29. The zero-order valence-corrected chi connectivity index (χ0v) is 17.0. The number of fused-ring (bicyclic) bond motifs is 1. The first-order valence-electron chi connectivity index (χ1n) is 9.02. The second-order valence-corrected chi connectivity index (χ2v) is 7.19. The van der Waals surface area contributed by atoms with Crippen molar-refractivity contribution >= 4 is 34.7 Å². The van der Waals surface area contributed by atoms with Crippen molar-refractivity contribution in [3.8, 4) is 11.4 Å². The lowest BCUT2D eigenvalue weighted by Crippen LogP contribution is -2.11. The van der Waals surface area contributed by atoms with E-state index in [4.69, 9.17) is 16.3 Å². The van der Waals surface area contributed by atoms with Gasteiger partial charge in [0.1, 0.15) is 11.6 Å². The van der Waals surface area contributed by atoms with Crippen LogP contribution < -0.4 is 10.3 Å². The van der Waals surface area contributed by atoms with Crippen molar-refractivity contribution < 1.29 is 4.74 Å². The fourth-order valence-corrected chi connectivity index (χ4v) is 3.53. The number of nitrogens with one attached hydrogen (secondary N) is 1. The molecule has 0 saturated carbocycles. The van der Waals surface area contributed by atoms with Crippen LogP contribution in [-0.2, 0) is 0 Å². The molecule has 6 nitrogen and oxygen atoms in total. The molecule has 2 aromatic heterocycles. The van der Waals surface area contributed by atoms with E-state index in [1.807, 2.05) is 48.9 Å². The van der Waals surface area contributed by atoms with Crippen LogP contribution in [0, 0.1) is 13.8 Å². The molecule has 146 valence electrons. The number of hydrogen-bond acceptors (Lipinski definition) is 4. The number of H-pyrrole nitrogens is 1. The maximum absolute atomic E-state index is 12.4. The summed E-state index contributed by atoms with van der Waals surface area (Å²) in [4.78, 5) is 24.0. The van der Waals surface area contributed by atoms with Crippen LogP contribution in [0.1, 0.15) is 22.6 Å². The molecular formula is C22H19ClN4O2. The van der Waals surface area contributed by atoms with Gasteiger partial charge < -0.3 is 14.3 Å². The minimum absolute atomic E-state index is 0.188. The molecule has 2 heterocycles. The van der Waals surface area contributed by atoms with E-state index in [-0.39, 0.29) is 5.56 Å². The standard InChI is InChI=1S/C22H19ClN4O2/c1-13-8-16(23)10-17-21(13)22(28)26-20(25-17)7-5-15-4-6-18(19(9-15)29-3)27-11-14(2)24-12-27/h4-12H,1-3H3,(H,25,26,28)/b7-5+. The van der Waals surface area contributed by atoms with Crippen LogP contribution in [0.5, 0.6) is 5.75 Å². The highest BCUT2D eigenvalue weighted by Crippen LogP contribution is 2.25. The van der Waals surface area contributed by atoms with E-state index in [0.29, 0.717) is 27.5 Å². The van der Waals surface area contributed by atoms with Crippen LogP contribution in [0.25, 0.3) is 28.7 Å². The Kier molecular flexibility index (Phi) is 4.94. The predicted molar refractivity (Wildman–Crippen MR) is 116 cm³/mol. The largest absolute Gasteiger partial charge is 0.495 e. The topological polar surface area (TPSA) is 72.8 Å². The van der Waals surface area contributed by atoms with Gasteiger partial charge in [-0.05, 0) is 55.3 Å². The van der Waals surface area contributed by atoms with Gasteiger partial charge in [0.2, 0.25) is 0 Å². The number of benzene rings is 2. The zero-order valence-electron chi connectivity index (χ0n) is 16.2. The van der Waals surface area contributed by atoms with Gasteiger partial charge in [0, 0.05) is 11.2 Å². The van der Waals surface area contributed by atoms with Crippen LogP contribution in [0.15, 0.2) is 47.7 Å². The number of rotatable bonds is 4. The number of aromatic nitrogens is 4. The third kappa shape index (κ3) is 3.79.